The second kappa shape index (κ2) is 9.63. The van der Waals surface area contributed by atoms with Gasteiger partial charge in [-0.15, -0.1) is 0 Å². The van der Waals surface area contributed by atoms with Gasteiger partial charge in [-0.05, 0) is 52.8 Å². The van der Waals surface area contributed by atoms with Crippen LogP contribution in [0, 0.1) is 0 Å². The van der Waals surface area contributed by atoms with Gasteiger partial charge in [0, 0.05) is 16.0 Å². The van der Waals surface area contributed by atoms with Gasteiger partial charge in [-0.25, -0.2) is 9.59 Å². The number of benzene rings is 3. The summed E-state index contributed by atoms with van der Waals surface area (Å²) >= 11 is 12.1. The summed E-state index contributed by atoms with van der Waals surface area (Å²) in [6.45, 7) is 0.120. The van der Waals surface area contributed by atoms with Crippen LogP contribution < -0.4 is 5.32 Å². The van der Waals surface area contributed by atoms with E-state index < -0.39 is 18.1 Å². The molecule has 0 bridgehead atoms. The Morgan fingerprint density at radius 3 is 2.19 bits per heavy atom. The first-order valence-corrected chi connectivity index (χ1v) is 11.0. The van der Waals surface area contributed by atoms with Gasteiger partial charge in [-0.2, -0.15) is 0 Å². The van der Waals surface area contributed by atoms with E-state index in [1.54, 1.807) is 18.2 Å². The average Bonchev–Trinajstić information content (AvgIpc) is 3.10. The second-order valence-electron chi connectivity index (χ2n) is 7.64. The number of fused-ring (bicyclic) bond motifs is 3. The molecular weight excluding hydrogens is 449 g/mol. The predicted octanol–water partition coefficient (Wildman–Crippen LogP) is 5.92. The molecule has 164 valence electrons. The van der Waals surface area contributed by atoms with E-state index in [0.717, 1.165) is 27.8 Å². The van der Waals surface area contributed by atoms with Crippen molar-refractivity contribution in [2.45, 2.75) is 24.8 Å². The largest absolute Gasteiger partial charge is 0.480 e. The molecule has 1 aliphatic rings. The van der Waals surface area contributed by atoms with E-state index >= 15 is 0 Å². The molecular formula is C25H21Cl2NO4. The Morgan fingerprint density at radius 2 is 1.59 bits per heavy atom. The minimum absolute atomic E-state index is 0.0932. The fourth-order valence-electron chi connectivity index (χ4n) is 4.06. The summed E-state index contributed by atoms with van der Waals surface area (Å²) in [7, 11) is 0. The molecule has 0 fully saturated rings. The van der Waals surface area contributed by atoms with E-state index in [0.29, 0.717) is 16.5 Å². The van der Waals surface area contributed by atoms with Crippen molar-refractivity contribution in [3.8, 4) is 11.1 Å². The van der Waals surface area contributed by atoms with E-state index in [9.17, 15) is 14.7 Å². The van der Waals surface area contributed by atoms with E-state index in [1.807, 2.05) is 36.4 Å². The molecule has 0 spiro atoms. The Kier molecular flexibility index (Phi) is 6.68. The molecule has 3 aromatic carbocycles. The van der Waals surface area contributed by atoms with Crippen molar-refractivity contribution in [2.24, 2.45) is 0 Å². The Labute approximate surface area is 195 Å². The van der Waals surface area contributed by atoms with Crippen molar-refractivity contribution in [3.63, 3.8) is 0 Å². The lowest BCUT2D eigenvalue weighted by molar-refractivity contribution is -0.139. The normalized spacial score (nSPS) is 13.2. The lowest BCUT2D eigenvalue weighted by Gasteiger charge is -2.17. The summed E-state index contributed by atoms with van der Waals surface area (Å²) in [4.78, 5) is 24.1. The highest BCUT2D eigenvalue weighted by Gasteiger charge is 2.29. The first-order valence-electron chi connectivity index (χ1n) is 10.2. The number of hydrogen-bond acceptors (Lipinski definition) is 3. The Morgan fingerprint density at radius 1 is 0.969 bits per heavy atom. The van der Waals surface area contributed by atoms with Gasteiger partial charge in [-0.1, -0.05) is 77.8 Å². The number of halogens is 2. The molecule has 3 aromatic rings. The van der Waals surface area contributed by atoms with Crippen molar-refractivity contribution >= 4 is 35.3 Å². The first-order chi connectivity index (χ1) is 15.4. The van der Waals surface area contributed by atoms with Gasteiger partial charge in [-0.3, -0.25) is 0 Å². The topological polar surface area (TPSA) is 75.6 Å². The van der Waals surface area contributed by atoms with Gasteiger partial charge in [0.15, 0.2) is 0 Å². The van der Waals surface area contributed by atoms with Gasteiger partial charge in [0.1, 0.15) is 12.6 Å². The minimum atomic E-state index is -1.14. The maximum Gasteiger partial charge on any atom is 0.407 e. The number of carbonyl (C=O) groups is 2. The van der Waals surface area contributed by atoms with Gasteiger partial charge in [0.2, 0.25) is 0 Å². The molecule has 1 atom stereocenters. The number of ether oxygens (including phenoxy) is 1. The van der Waals surface area contributed by atoms with Gasteiger partial charge in [0.05, 0.1) is 0 Å². The Balaban J connectivity index is 1.39. The highest BCUT2D eigenvalue weighted by atomic mass is 35.5. The third kappa shape index (κ3) is 4.74. The van der Waals surface area contributed by atoms with Crippen molar-refractivity contribution < 1.29 is 19.4 Å². The number of carboxylic acids is 1. The zero-order valence-corrected chi connectivity index (χ0v) is 18.6. The fraction of sp³-hybridized carbons (Fsp3) is 0.200. The summed E-state index contributed by atoms with van der Waals surface area (Å²) in [5, 5.41) is 13.0. The number of alkyl carbamates (subject to hydrolysis) is 1. The van der Waals surface area contributed by atoms with Gasteiger partial charge in [0.25, 0.3) is 0 Å². The highest BCUT2D eigenvalue weighted by Crippen LogP contribution is 2.44. The predicted molar refractivity (Wildman–Crippen MR) is 124 cm³/mol. The molecule has 1 amide bonds. The molecule has 1 unspecified atom stereocenters. The van der Waals surface area contributed by atoms with Crippen LogP contribution in [-0.4, -0.2) is 29.8 Å². The summed E-state index contributed by atoms with van der Waals surface area (Å²) in [6, 6.07) is 20.0. The van der Waals surface area contributed by atoms with Crippen LogP contribution in [0.25, 0.3) is 11.1 Å². The minimum Gasteiger partial charge on any atom is -0.480 e. The number of carbonyl (C=O) groups excluding carboxylic acids is 1. The summed E-state index contributed by atoms with van der Waals surface area (Å²) < 4.78 is 5.45. The monoisotopic (exact) mass is 469 g/mol. The number of carboxylic acid groups (broad SMARTS) is 1. The zero-order chi connectivity index (χ0) is 22.7. The van der Waals surface area contributed by atoms with Crippen molar-refractivity contribution in [1.82, 2.24) is 5.32 Å². The maximum absolute atomic E-state index is 12.4. The van der Waals surface area contributed by atoms with E-state index in [2.05, 4.69) is 17.4 Å². The van der Waals surface area contributed by atoms with Crippen LogP contribution in [0.2, 0.25) is 10.0 Å². The molecule has 0 saturated carbocycles. The molecule has 4 rings (SSSR count). The standard InChI is InChI=1S/C25H21Cl2NO4/c26-16-11-9-15(22(27)13-16)10-12-23(24(29)30)28-25(31)32-14-21-19-7-3-1-5-17(19)18-6-2-4-8-20(18)21/h1-9,11,13,21,23H,10,12,14H2,(H,28,31)(H,29,30). The fourth-order valence-corrected chi connectivity index (χ4v) is 4.57. The van der Waals surface area contributed by atoms with Crippen LogP contribution in [0.1, 0.15) is 29.0 Å². The quantitative estimate of drug-likeness (QED) is 0.450. The number of rotatable bonds is 7. The molecule has 5 nitrogen and oxygen atoms in total. The summed E-state index contributed by atoms with van der Waals surface area (Å²) in [5.74, 6) is -1.23. The van der Waals surface area contributed by atoms with E-state index in [1.165, 1.54) is 0 Å². The highest BCUT2D eigenvalue weighted by molar-refractivity contribution is 6.35. The van der Waals surface area contributed by atoms with Crippen LogP contribution in [0.4, 0.5) is 4.79 Å². The van der Waals surface area contributed by atoms with Crippen LogP contribution in [0.5, 0.6) is 0 Å². The third-order valence-corrected chi connectivity index (χ3v) is 6.24. The van der Waals surface area contributed by atoms with Gasteiger partial charge < -0.3 is 15.2 Å². The average molecular weight is 470 g/mol. The summed E-state index contributed by atoms with van der Waals surface area (Å²) in [5.41, 5.74) is 5.19. The number of aliphatic carboxylic acids is 1. The summed E-state index contributed by atoms with van der Waals surface area (Å²) in [6.07, 6.45) is -0.223. The van der Waals surface area contributed by atoms with E-state index in [-0.39, 0.29) is 18.9 Å². The lowest BCUT2D eigenvalue weighted by atomic mass is 9.98. The van der Waals surface area contributed by atoms with Gasteiger partial charge >= 0.3 is 12.1 Å². The number of amides is 1. The SMILES string of the molecule is O=C(NC(CCc1ccc(Cl)cc1Cl)C(=O)O)OCC1c2ccccc2-c2ccccc21. The lowest BCUT2D eigenvalue weighted by Crippen LogP contribution is -2.41. The van der Waals surface area contributed by atoms with Crippen molar-refractivity contribution in [1.29, 1.82) is 0 Å². The molecule has 0 aromatic heterocycles. The molecule has 7 heteroatoms. The van der Waals surface area contributed by atoms with Crippen LogP contribution >= 0.6 is 23.2 Å². The van der Waals surface area contributed by atoms with Crippen molar-refractivity contribution in [2.75, 3.05) is 6.61 Å². The number of nitrogens with one attached hydrogen (secondary N) is 1. The second-order valence-corrected chi connectivity index (χ2v) is 8.48. The van der Waals surface area contributed by atoms with E-state index in [4.69, 9.17) is 27.9 Å². The molecule has 0 radical (unpaired) electrons. The molecule has 32 heavy (non-hydrogen) atoms. The molecule has 2 N–H and O–H groups in total. The van der Waals surface area contributed by atoms with Crippen LogP contribution in [0.3, 0.4) is 0 Å². The number of aryl methyl sites for hydroxylation is 1. The molecule has 0 heterocycles. The zero-order valence-electron chi connectivity index (χ0n) is 17.1. The smallest absolute Gasteiger partial charge is 0.407 e. The Bertz CT molecular complexity index is 1120. The number of hydrogen-bond donors (Lipinski definition) is 2. The molecule has 1 aliphatic carbocycles. The molecule has 0 saturated heterocycles. The van der Waals surface area contributed by atoms with Crippen LogP contribution in [-0.2, 0) is 16.0 Å². The first kappa shape index (κ1) is 22.2. The van der Waals surface area contributed by atoms with Crippen molar-refractivity contribution in [3.05, 3.63) is 93.5 Å². The Hall–Kier alpha value is -3.02. The maximum atomic E-state index is 12.4. The van der Waals surface area contributed by atoms with Crippen LogP contribution in [0.15, 0.2) is 66.7 Å². The third-order valence-electron chi connectivity index (χ3n) is 5.65. The molecule has 0 aliphatic heterocycles.